The highest BCUT2D eigenvalue weighted by Gasteiger charge is 2.30. The highest BCUT2D eigenvalue weighted by atomic mass is 32.2. The first kappa shape index (κ1) is 22.3. The third-order valence-corrected chi connectivity index (χ3v) is 6.46. The van der Waals surface area contributed by atoms with Gasteiger partial charge >= 0.3 is 0 Å². The monoisotopic (exact) mass is 449 g/mol. The Morgan fingerprint density at radius 2 is 1.84 bits per heavy atom. The van der Waals surface area contributed by atoms with E-state index < -0.39 is 0 Å². The van der Waals surface area contributed by atoms with Gasteiger partial charge in [-0.1, -0.05) is 30.0 Å². The van der Waals surface area contributed by atoms with Gasteiger partial charge in [-0.25, -0.2) is 9.97 Å². The Bertz CT molecular complexity index is 1100. The molecule has 0 atom stereocenters. The summed E-state index contributed by atoms with van der Waals surface area (Å²) < 4.78 is 11.3. The number of rotatable bonds is 6. The molecular weight excluding hydrogens is 422 g/mol. The topological polar surface area (TPSA) is 64.5 Å². The van der Waals surface area contributed by atoms with E-state index in [1.165, 1.54) is 11.8 Å². The normalized spacial score (nSPS) is 14.5. The van der Waals surface area contributed by atoms with Crippen LogP contribution < -0.4 is 9.64 Å². The molecule has 0 spiro atoms. The molecule has 0 unspecified atom stereocenters. The van der Waals surface area contributed by atoms with Crippen LogP contribution in [0.15, 0.2) is 59.6 Å². The lowest BCUT2D eigenvalue weighted by molar-refractivity contribution is -0.115. The molecule has 0 fully saturated rings. The van der Waals surface area contributed by atoms with Gasteiger partial charge in [-0.3, -0.25) is 4.79 Å². The van der Waals surface area contributed by atoms with Crippen LogP contribution in [-0.4, -0.2) is 41.4 Å². The van der Waals surface area contributed by atoms with Crippen molar-refractivity contribution in [3.63, 3.8) is 0 Å². The predicted octanol–water partition coefficient (Wildman–Crippen LogP) is 4.76. The lowest BCUT2D eigenvalue weighted by Gasteiger charge is -2.32. The molecule has 2 aromatic carbocycles. The Morgan fingerprint density at radius 1 is 1.12 bits per heavy atom. The summed E-state index contributed by atoms with van der Waals surface area (Å²) in [7, 11) is 3.44. The highest BCUT2D eigenvalue weighted by molar-refractivity contribution is 8.00. The number of benzene rings is 2. The predicted molar refractivity (Wildman–Crippen MR) is 127 cm³/mol. The zero-order chi connectivity index (χ0) is 22.7. The van der Waals surface area contributed by atoms with E-state index in [-0.39, 0.29) is 17.3 Å². The number of amides is 1. The van der Waals surface area contributed by atoms with Crippen molar-refractivity contribution in [2.45, 2.75) is 37.5 Å². The summed E-state index contributed by atoms with van der Waals surface area (Å²) in [6.07, 6.45) is 0.694. The molecule has 1 aromatic heterocycles. The molecule has 1 aliphatic rings. The van der Waals surface area contributed by atoms with Crippen molar-refractivity contribution in [1.29, 1.82) is 0 Å². The summed E-state index contributed by atoms with van der Waals surface area (Å²) in [6, 6.07) is 17.3. The van der Waals surface area contributed by atoms with E-state index in [1.807, 2.05) is 54.6 Å². The summed E-state index contributed by atoms with van der Waals surface area (Å²) in [6.45, 7) is 4.57. The van der Waals surface area contributed by atoms with Crippen molar-refractivity contribution in [2.75, 3.05) is 24.8 Å². The first-order valence-corrected chi connectivity index (χ1v) is 11.5. The second kappa shape index (κ2) is 9.30. The Labute approximate surface area is 193 Å². The van der Waals surface area contributed by atoms with Gasteiger partial charge in [0.05, 0.1) is 30.8 Å². The van der Waals surface area contributed by atoms with Crippen LogP contribution in [0.25, 0.3) is 11.4 Å². The number of fused-ring (bicyclic) bond motifs is 1. The Morgan fingerprint density at radius 3 is 2.53 bits per heavy atom. The van der Waals surface area contributed by atoms with Gasteiger partial charge in [0.2, 0.25) is 5.91 Å². The first-order valence-electron chi connectivity index (χ1n) is 10.5. The number of thioether (sulfide) groups is 1. The quantitative estimate of drug-likeness (QED) is 0.399. The number of ether oxygens (including phenoxy) is 2. The molecule has 2 heterocycles. The second-order valence-electron chi connectivity index (χ2n) is 8.31. The number of hydrogen-bond donors (Lipinski definition) is 0. The van der Waals surface area contributed by atoms with E-state index in [4.69, 9.17) is 19.4 Å². The number of methoxy groups -OCH3 is 1. The molecule has 4 rings (SSSR count). The molecule has 1 aliphatic heterocycles. The van der Waals surface area contributed by atoms with Gasteiger partial charge in [0, 0.05) is 30.3 Å². The Kier molecular flexibility index (Phi) is 6.48. The fourth-order valence-corrected chi connectivity index (χ4v) is 4.49. The van der Waals surface area contributed by atoms with Crippen molar-refractivity contribution in [3.8, 4) is 17.1 Å². The molecule has 166 valence electrons. The van der Waals surface area contributed by atoms with Crippen LogP contribution in [0, 0.1) is 0 Å². The average Bonchev–Trinajstić information content (AvgIpc) is 2.81. The summed E-state index contributed by atoms with van der Waals surface area (Å²) in [4.78, 5) is 24.2. The van der Waals surface area contributed by atoms with Gasteiger partial charge in [0.15, 0.2) is 5.82 Å². The van der Waals surface area contributed by atoms with Crippen molar-refractivity contribution in [2.24, 2.45) is 0 Å². The number of hydrogen-bond acceptors (Lipinski definition) is 6. The van der Waals surface area contributed by atoms with E-state index in [1.54, 1.807) is 19.1 Å². The first-order chi connectivity index (χ1) is 15.4. The molecule has 0 saturated carbocycles. The maximum atomic E-state index is 12.8. The van der Waals surface area contributed by atoms with Crippen LogP contribution in [0.2, 0.25) is 0 Å². The summed E-state index contributed by atoms with van der Waals surface area (Å²) in [5.74, 6) is 1.72. The Hall–Kier alpha value is -2.90. The molecule has 0 aliphatic carbocycles. The summed E-state index contributed by atoms with van der Waals surface area (Å²) >= 11 is 1.44. The summed E-state index contributed by atoms with van der Waals surface area (Å²) in [5, 5.41) is 0.797. The average molecular weight is 450 g/mol. The van der Waals surface area contributed by atoms with E-state index in [0.29, 0.717) is 18.9 Å². The van der Waals surface area contributed by atoms with Crippen LogP contribution >= 0.6 is 11.8 Å². The number of carbonyl (C=O) groups excluding carboxylic acids is 1. The van der Waals surface area contributed by atoms with Crippen molar-refractivity contribution in [3.05, 3.63) is 65.9 Å². The van der Waals surface area contributed by atoms with Crippen LogP contribution in [0.4, 0.5) is 5.69 Å². The Balaban J connectivity index is 1.62. The van der Waals surface area contributed by atoms with Gasteiger partial charge in [-0.15, -0.1) is 0 Å². The SMILES string of the molecule is COc1ccc(-c2nc3c(c(SCC(=O)N(C)c4ccccc4)n2)COC(C)(C)C3)cc1. The third kappa shape index (κ3) is 4.95. The van der Waals surface area contributed by atoms with Crippen molar-refractivity contribution >= 4 is 23.4 Å². The number of para-hydroxylation sites is 1. The van der Waals surface area contributed by atoms with Gasteiger partial charge in [0.25, 0.3) is 0 Å². The minimum Gasteiger partial charge on any atom is -0.497 e. The standard InChI is InChI=1S/C25H27N3O3S/c1-25(2)14-21-20(15-31-25)24(27-23(26-21)17-10-12-19(30-4)13-11-17)32-16-22(29)28(3)18-8-6-5-7-9-18/h5-13H,14-16H2,1-4H3. The molecule has 0 radical (unpaired) electrons. The minimum absolute atomic E-state index is 0.0108. The van der Waals surface area contributed by atoms with Crippen LogP contribution in [0.3, 0.4) is 0 Å². The lowest BCUT2D eigenvalue weighted by atomic mass is 9.96. The third-order valence-electron chi connectivity index (χ3n) is 5.45. The van der Waals surface area contributed by atoms with Gasteiger partial charge in [0.1, 0.15) is 10.8 Å². The molecule has 1 amide bonds. The second-order valence-corrected chi connectivity index (χ2v) is 9.27. The van der Waals surface area contributed by atoms with E-state index in [9.17, 15) is 4.79 Å². The smallest absolute Gasteiger partial charge is 0.237 e. The zero-order valence-corrected chi connectivity index (χ0v) is 19.6. The maximum Gasteiger partial charge on any atom is 0.237 e. The number of anilines is 1. The van der Waals surface area contributed by atoms with Gasteiger partial charge in [-0.2, -0.15) is 0 Å². The molecule has 7 heteroatoms. The fraction of sp³-hybridized carbons (Fsp3) is 0.320. The fourth-order valence-electron chi connectivity index (χ4n) is 3.53. The number of nitrogens with zero attached hydrogens (tertiary/aromatic N) is 3. The van der Waals surface area contributed by atoms with E-state index in [2.05, 4.69) is 13.8 Å². The van der Waals surface area contributed by atoms with Crippen molar-refractivity contribution in [1.82, 2.24) is 9.97 Å². The van der Waals surface area contributed by atoms with E-state index in [0.717, 1.165) is 33.3 Å². The van der Waals surface area contributed by atoms with Crippen LogP contribution in [0.1, 0.15) is 25.1 Å². The lowest BCUT2D eigenvalue weighted by Crippen LogP contribution is -2.33. The number of carbonyl (C=O) groups is 1. The van der Waals surface area contributed by atoms with Crippen LogP contribution in [0.5, 0.6) is 5.75 Å². The molecular formula is C25H27N3O3S. The van der Waals surface area contributed by atoms with Crippen molar-refractivity contribution < 1.29 is 14.3 Å². The van der Waals surface area contributed by atoms with E-state index >= 15 is 0 Å². The minimum atomic E-state index is -0.288. The molecule has 0 bridgehead atoms. The molecule has 0 saturated heterocycles. The summed E-state index contributed by atoms with van der Waals surface area (Å²) in [5.41, 5.74) is 3.44. The zero-order valence-electron chi connectivity index (χ0n) is 18.8. The van der Waals surface area contributed by atoms with Gasteiger partial charge < -0.3 is 14.4 Å². The molecule has 3 aromatic rings. The highest BCUT2D eigenvalue weighted by Crippen LogP contribution is 2.34. The van der Waals surface area contributed by atoms with Crippen LogP contribution in [-0.2, 0) is 22.6 Å². The van der Waals surface area contributed by atoms with Gasteiger partial charge in [-0.05, 0) is 50.2 Å². The molecule has 32 heavy (non-hydrogen) atoms. The molecule has 6 nitrogen and oxygen atoms in total. The molecule has 0 N–H and O–H groups in total. The largest absolute Gasteiger partial charge is 0.497 e. The maximum absolute atomic E-state index is 12.8. The number of aromatic nitrogens is 2.